The number of anilines is 2. The minimum absolute atomic E-state index is 0.00690. The maximum atomic E-state index is 14.1. The monoisotopic (exact) mass is 654 g/mol. The highest BCUT2D eigenvalue weighted by molar-refractivity contribution is 8.00. The Morgan fingerprint density at radius 2 is 1.67 bits per heavy atom. The number of nitrogens with zero attached hydrogens (tertiary/aromatic N) is 2. The Kier molecular flexibility index (Phi) is 11.2. The van der Waals surface area contributed by atoms with Crippen LogP contribution < -0.4 is 9.64 Å². The van der Waals surface area contributed by atoms with Crippen LogP contribution in [0.3, 0.4) is 0 Å². The molecule has 3 aromatic rings. The lowest BCUT2D eigenvalue weighted by Crippen LogP contribution is -2.38. The van der Waals surface area contributed by atoms with Crippen LogP contribution in [0.2, 0.25) is 0 Å². The first kappa shape index (κ1) is 33.9. The van der Waals surface area contributed by atoms with Gasteiger partial charge < -0.3 is 19.8 Å². The summed E-state index contributed by atoms with van der Waals surface area (Å²) < 4.78 is 34.1. The zero-order chi connectivity index (χ0) is 32.6. The van der Waals surface area contributed by atoms with Crippen LogP contribution >= 0.6 is 11.8 Å². The van der Waals surface area contributed by atoms with Crippen LogP contribution in [0.25, 0.3) is 0 Å². The lowest BCUT2D eigenvalue weighted by molar-refractivity contribution is -0.134. The van der Waals surface area contributed by atoms with Gasteiger partial charge in [0.15, 0.2) is 16.4 Å². The molecule has 2 amide bonds. The highest BCUT2D eigenvalue weighted by Gasteiger charge is 2.42. The van der Waals surface area contributed by atoms with Gasteiger partial charge in [0.1, 0.15) is 5.75 Å². The lowest BCUT2D eigenvalue weighted by atomic mass is 9.81. The highest BCUT2D eigenvalue weighted by atomic mass is 32.2. The van der Waals surface area contributed by atoms with Gasteiger partial charge in [-0.05, 0) is 36.6 Å². The van der Waals surface area contributed by atoms with Gasteiger partial charge in [-0.1, -0.05) is 75.2 Å². The topological polar surface area (TPSA) is 142 Å². The number of carbonyl (C=O) groups excluding carboxylic acids is 1. The lowest BCUT2D eigenvalue weighted by Gasteiger charge is -2.36. The fraction of sp³-hybridized carbons (Fsp3) is 0.364. The van der Waals surface area contributed by atoms with Crippen LogP contribution in [0.5, 0.6) is 5.75 Å². The van der Waals surface area contributed by atoms with Crippen molar-refractivity contribution in [2.24, 2.45) is 5.41 Å². The van der Waals surface area contributed by atoms with Crippen molar-refractivity contribution < 1.29 is 37.8 Å². The number of ether oxygens (including phenoxy) is 1. The summed E-state index contributed by atoms with van der Waals surface area (Å²) in [6.07, 6.45) is 1.66. The van der Waals surface area contributed by atoms with Crippen LogP contribution in [0.15, 0.2) is 82.6 Å². The molecular formula is C33H38N2O8S2. The average Bonchev–Trinajstić information content (AvgIpc) is 3.12. The second-order valence-electron chi connectivity index (χ2n) is 11.1. The predicted molar refractivity (Wildman–Crippen MR) is 173 cm³/mol. The van der Waals surface area contributed by atoms with E-state index in [-0.39, 0.29) is 28.7 Å². The molecule has 0 spiro atoms. The van der Waals surface area contributed by atoms with E-state index in [9.17, 15) is 33.0 Å². The van der Waals surface area contributed by atoms with Crippen LogP contribution in [0.1, 0.15) is 45.1 Å². The first-order valence-corrected chi connectivity index (χ1v) is 17.4. The van der Waals surface area contributed by atoms with Crippen LogP contribution in [-0.2, 0) is 26.0 Å². The van der Waals surface area contributed by atoms with Crippen molar-refractivity contribution in [2.45, 2.75) is 55.9 Å². The zero-order valence-electron chi connectivity index (χ0n) is 25.3. The van der Waals surface area contributed by atoms with Crippen molar-refractivity contribution in [2.75, 3.05) is 29.6 Å². The normalized spacial score (nSPS) is 17.2. The van der Waals surface area contributed by atoms with Gasteiger partial charge in [0.05, 0.1) is 33.5 Å². The second-order valence-corrected chi connectivity index (χ2v) is 14.1. The van der Waals surface area contributed by atoms with Crippen LogP contribution in [-0.4, -0.2) is 66.2 Å². The maximum Gasteiger partial charge on any atom is 0.414 e. The summed E-state index contributed by atoms with van der Waals surface area (Å²) in [6.45, 7) is 3.62. The molecular weight excluding hydrogens is 617 g/mol. The number of sulfone groups is 1. The molecule has 1 atom stereocenters. The number of unbranched alkanes of at least 4 members (excludes halogenated alkanes) is 1. The SMILES string of the molecule is CCCCC1(CC)CN(c2ccccc2)c2cc(SCC(=O)O)c(OCC(=O)N(Cc3ccccc3)C(=O)O)cc2S(=O)(=O)C1. The third kappa shape index (κ3) is 8.37. The van der Waals surface area contributed by atoms with Gasteiger partial charge in [-0.3, -0.25) is 9.59 Å². The molecule has 0 fully saturated rings. The third-order valence-corrected chi connectivity index (χ3v) is 10.9. The van der Waals surface area contributed by atoms with E-state index >= 15 is 0 Å². The third-order valence-electron chi connectivity index (χ3n) is 7.94. The van der Waals surface area contributed by atoms with Crippen LogP contribution in [0.4, 0.5) is 16.2 Å². The van der Waals surface area contributed by atoms with E-state index in [0.717, 1.165) is 30.3 Å². The molecule has 4 rings (SSSR count). The van der Waals surface area contributed by atoms with Crippen molar-refractivity contribution in [3.8, 4) is 5.75 Å². The van der Waals surface area contributed by atoms with Crippen molar-refractivity contribution in [1.82, 2.24) is 4.90 Å². The number of fused-ring (bicyclic) bond motifs is 1. The van der Waals surface area contributed by atoms with E-state index < -0.39 is 39.8 Å². The van der Waals surface area contributed by atoms with Gasteiger partial charge in [0.2, 0.25) is 0 Å². The van der Waals surface area contributed by atoms with Crippen molar-refractivity contribution in [1.29, 1.82) is 0 Å². The van der Waals surface area contributed by atoms with E-state index in [1.807, 2.05) is 42.2 Å². The summed E-state index contributed by atoms with van der Waals surface area (Å²) >= 11 is 0.933. The number of carboxylic acids is 1. The molecule has 0 saturated heterocycles. The van der Waals surface area contributed by atoms with E-state index in [4.69, 9.17) is 4.74 Å². The van der Waals surface area contributed by atoms with Crippen molar-refractivity contribution >= 4 is 50.9 Å². The molecule has 1 aliphatic rings. The Balaban J connectivity index is 1.78. The van der Waals surface area contributed by atoms with Gasteiger partial charge in [0.25, 0.3) is 5.91 Å². The van der Waals surface area contributed by atoms with Gasteiger partial charge >= 0.3 is 12.1 Å². The second kappa shape index (κ2) is 14.8. The zero-order valence-corrected chi connectivity index (χ0v) is 27.0. The average molecular weight is 655 g/mol. The Bertz CT molecular complexity index is 1620. The van der Waals surface area contributed by atoms with Gasteiger partial charge in [-0.2, -0.15) is 0 Å². The van der Waals surface area contributed by atoms with E-state index in [1.54, 1.807) is 36.4 Å². The van der Waals surface area contributed by atoms with Crippen LogP contribution in [0, 0.1) is 5.41 Å². The molecule has 0 aromatic heterocycles. The number of hydrogen-bond donors (Lipinski definition) is 2. The molecule has 0 radical (unpaired) electrons. The molecule has 0 bridgehead atoms. The summed E-state index contributed by atoms with van der Waals surface area (Å²) in [5.41, 5.74) is 1.25. The number of benzene rings is 3. The number of amides is 2. The number of para-hydroxylation sites is 1. The number of rotatable bonds is 13. The Hall–Kier alpha value is -4.03. The molecule has 45 heavy (non-hydrogen) atoms. The number of aliphatic carboxylic acids is 1. The Labute approximate surface area is 267 Å². The van der Waals surface area contributed by atoms with Gasteiger partial charge in [0, 0.05) is 23.7 Å². The maximum absolute atomic E-state index is 14.1. The predicted octanol–water partition coefficient (Wildman–Crippen LogP) is 6.46. The van der Waals surface area contributed by atoms with Gasteiger partial charge in [-0.25, -0.2) is 18.1 Å². The first-order chi connectivity index (χ1) is 21.5. The Morgan fingerprint density at radius 1 is 1.00 bits per heavy atom. The number of carboxylic acid groups (broad SMARTS) is 2. The highest BCUT2D eigenvalue weighted by Crippen LogP contribution is 2.47. The Morgan fingerprint density at radius 3 is 2.27 bits per heavy atom. The molecule has 10 nitrogen and oxygen atoms in total. The summed E-state index contributed by atoms with van der Waals surface area (Å²) in [7, 11) is -3.89. The minimum atomic E-state index is -3.89. The summed E-state index contributed by atoms with van der Waals surface area (Å²) in [5.74, 6) is -2.38. The fourth-order valence-corrected chi connectivity index (χ4v) is 8.39. The van der Waals surface area contributed by atoms with Gasteiger partial charge in [-0.15, -0.1) is 11.8 Å². The molecule has 0 aliphatic carbocycles. The summed E-state index contributed by atoms with van der Waals surface area (Å²) in [6, 6.07) is 21.0. The quantitative estimate of drug-likeness (QED) is 0.197. The molecule has 0 saturated carbocycles. The summed E-state index contributed by atoms with van der Waals surface area (Å²) in [4.78, 5) is 39.5. The minimum Gasteiger partial charge on any atom is -0.483 e. The number of carbonyl (C=O) groups is 3. The van der Waals surface area contributed by atoms with E-state index in [0.29, 0.717) is 40.4 Å². The number of thioether (sulfide) groups is 1. The molecule has 1 heterocycles. The number of hydrogen-bond acceptors (Lipinski definition) is 8. The molecule has 12 heteroatoms. The standard InChI is InChI=1S/C33H38N2O8S2/c1-3-5-16-33(4-2)22-35(25-14-10-7-11-15-25)26-17-28(44-21-31(37)38)27(18-29(26)45(41,42)23-33)43-20-30(36)34(32(39)40)19-24-12-8-6-9-13-24/h6-15,17-18H,3-5,16,19-23H2,1-2H3,(H,37,38)(H,39,40). The smallest absolute Gasteiger partial charge is 0.414 e. The van der Waals surface area contributed by atoms with Crippen molar-refractivity contribution in [3.63, 3.8) is 0 Å². The largest absolute Gasteiger partial charge is 0.483 e. The molecule has 240 valence electrons. The van der Waals surface area contributed by atoms with E-state index in [2.05, 4.69) is 6.92 Å². The molecule has 3 aromatic carbocycles. The fourth-order valence-electron chi connectivity index (χ4n) is 5.48. The summed E-state index contributed by atoms with van der Waals surface area (Å²) in [5, 5.41) is 19.2. The molecule has 1 aliphatic heterocycles. The molecule has 1 unspecified atom stereocenters. The van der Waals surface area contributed by atoms with E-state index in [1.165, 1.54) is 6.07 Å². The number of imide groups is 1. The van der Waals surface area contributed by atoms with Crippen molar-refractivity contribution in [3.05, 3.63) is 78.4 Å². The first-order valence-electron chi connectivity index (χ1n) is 14.8. The molecule has 2 N–H and O–H groups in total.